The fraction of sp³-hybridized carbons (Fsp3) is 0.133. The van der Waals surface area contributed by atoms with Crippen molar-refractivity contribution in [2.24, 2.45) is 5.73 Å². The van der Waals surface area contributed by atoms with Crippen LogP contribution in [0.15, 0.2) is 47.5 Å². The van der Waals surface area contributed by atoms with Gasteiger partial charge in [-0.2, -0.15) is 5.10 Å². The predicted octanol–water partition coefficient (Wildman–Crippen LogP) is 1.49. The van der Waals surface area contributed by atoms with Crippen molar-refractivity contribution in [3.63, 3.8) is 0 Å². The molecule has 0 spiro atoms. The Morgan fingerprint density at radius 2 is 2.10 bits per heavy atom. The summed E-state index contributed by atoms with van der Waals surface area (Å²) in [6.45, 7) is 2.28. The summed E-state index contributed by atoms with van der Waals surface area (Å²) in [6.07, 6.45) is 3.49. The number of nitrogens with two attached hydrogens (primary N) is 1. The third-order valence-corrected chi connectivity index (χ3v) is 3.57. The Morgan fingerprint density at radius 3 is 2.86 bits per heavy atom. The summed E-state index contributed by atoms with van der Waals surface area (Å²) in [7, 11) is 0. The number of hydrogen-bond donors (Lipinski definition) is 1. The zero-order valence-corrected chi connectivity index (χ0v) is 12.3. The Bertz CT molecular complexity index is 894. The van der Waals surface area contributed by atoms with Crippen LogP contribution >= 0.6 is 12.2 Å². The van der Waals surface area contributed by atoms with E-state index in [0.29, 0.717) is 17.0 Å². The molecule has 106 valence electrons. The summed E-state index contributed by atoms with van der Waals surface area (Å²) < 4.78 is 3.22. The van der Waals surface area contributed by atoms with Gasteiger partial charge in [0.1, 0.15) is 10.5 Å². The SMILES string of the molecule is Cc1cc2c(=O)n(Cc3ccccc3C(N)=S)ccn2n1. The molecule has 0 atom stereocenters. The van der Waals surface area contributed by atoms with E-state index in [1.807, 2.05) is 31.2 Å². The molecule has 0 unspecified atom stereocenters. The Labute approximate surface area is 126 Å². The lowest BCUT2D eigenvalue weighted by atomic mass is 10.1. The molecule has 3 rings (SSSR count). The summed E-state index contributed by atoms with van der Waals surface area (Å²) in [6, 6.07) is 9.35. The van der Waals surface area contributed by atoms with Gasteiger partial charge in [0.15, 0.2) is 0 Å². The van der Waals surface area contributed by atoms with Gasteiger partial charge in [0, 0.05) is 18.0 Å². The van der Waals surface area contributed by atoms with Crippen LogP contribution in [0.4, 0.5) is 0 Å². The molecule has 0 radical (unpaired) electrons. The molecule has 0 saturated heterocycles. The van der Waals surface area contributed by atoms with Crippen LogP contribution in [0.1, 0.15) is 16.8 Å². The van der Waals surface area contributed by atoms with Crippen molar-refractivity contribution in [3.05, 3.63) is 69.9 Å². The van der Waals surface area contributed by atoms with Crippen LogP contribution in [0.25, 0.3) is 5.52 Å². The van der Waals surface area contributed by atoms with Crippen LogP contribution in [-0.2, 0) is 6.54 Å². The van der Waals surface area contributed by atoms with E-state index >= 15 is 0 Å². The number of hydrogen-bond acceptors (Lipinski definition) is 3. The third-order valence-electron chi connectivity index (χ3n) is 3.35. The Hall–Kier alpha value is -2.47. The van der Waals surface area contributed by atoms with Crippen LogP contribution in [0.3, 0.4) is 0 Å². The van der Waals surface area contributed by atoms with Gasteiger partial charge in [0.25, 0.3) is 5.56 Å². The zero-order valence-electron chi connectivity index (χ0n) is 11.5. The molecule has 2 N–H and O–H groups in total. The maximum Gasteiger partial charge on any atom is 0.276 e. The van der Waals surface area contributed by atoms with Gasteiger partial charge in [0.2, 0.25) is 0 Å². The molecule has 0 saturated carbocycles. The molecular weight excluding hydrogens is 284 g/mol. The molecule has 2 aromatic heterocycles. The molecule has 2 heterocycles. The smallest absolute Gasteiger partial charge is 0.276 e. The molecule has 0 amide bonds. The fourth-order valence-electron chi connectivity index (χ4n) is 2.36. The first kappa shape index (κ1) is 13.5. The highest BCUT2D eigenvalue weighted by Crippen LogP contribution is 2.10. The number of benzene rings is 1. The first-order chi connectivity index (χ1) is 10.1. The highest BCUT2D eigenvalue weighted by atomic mass is 32.1. The second-order valence-electron chi connectivity index (χ2n) is 4.87. The normalized spacial score (nSPS) is 10.9. The maximum atomic E-state index is 12.5. The Morgan fingerprint density at radius 1 is 1.33 bits per heavy atom. The van der Waals surface area contributed by atoms with Crippen LogP contribution in [0.2, 0.25) is 0 Å². The van der Waals surface area contributed by atoms with Gasteiger partial charge in [-0.1, -0.05) is 36.5 Å². The van der Waals surface area contributed by atoms with E-state index in [0.717, 1.165) is 16.8 Å². The van der Waals surface area contributed by atoms with Crippen LogP contribution in [0, 0.1) is 6.92 Å². The quantitative estimate of drug-likeness (QED) is 0.744. The van der Waals surface area contributed by atoms with Crippen molar-refractivity contribution < 1.29 is 0 Å². The van der Waals surface area contributed by atoms with E-state index in [4.69, 9.17) is 18.0 Å². The third kappa shape index (κ3) is 2.45. The van der Waals surface area contributed by atoms with Gasteiger partial charge in [-0.25, -0.2) is 4.52 Å². The minimum atomic E-state index is -0.0872. The average Bonchev–Trinajstić information content (AvgIpc) is 2.84. The number of aromatic nitrogens is 3. The zero-order chi connectivity index (χ0) is 15.0. The first-order valence-corrected chi connectivity index (χ1v) is 6.90. The summed E-state index contributed by atoms with van der Waals surface area (Å²) >= 11 is 5.06. The molecule has 0 aliphatic rings. The Balaban J connectivity index is 2.09. The first-order valence-electron chi connectivity index (χ1n) is 6.49. The lowest BCUT2D eigenvalue weighted by Gasteiger charge is -2.10. The standard InChI is InChI=1S/C15H14N4OS/c1-10-8-13-15(20)18(6-7-19(13)17-10)9-11-4-2-3-5-12(11)14(16)21/h2-8H,9H2,1H3,(H2,16,21). The maximum absolute atomic E-state index is 12.5. The van der Waals surface area contributed by atoms with Crippen LogP contribution < -0.4 is 11.3 Å². The molecule has 0 fully saturated rings. The average molecular weight is 298 g/mol. The second-order valence-corrected chi connectivity index (χ2v) is 5.31. The molecule has 21 heavy (non-hydrogen) atoms. The van der Waals surface area contributed by atoms with Gasteiger partial charge in [-0.15, -0.1) is 0 Å². The topological polar surface area (TPSA) is 65.3 Å². The second kappa shape index (κ2) is 5.14. The van der Waals surface area contributed by atoms with Gasteiger partial charge in [-0.3, -0.25) is 4.79 Å². The molecule has 3 aromatic rings. The Kier molecular flexibility index (Phi) is 3.31. The van der Waals surface area contributed by atoms with Gasteiger partial charge in [-0.05, 0) is 18.6 Å². The molecule has 0 aliphatic heterocycles. The summed E-state index contributed by atoms with van der Waals surface area (Å²) in [4.78, 5) is 12.8. The lowest BCUT2D eigenvalue weighted by Crippen LogP contribution is -2.23. The molecule has 6 heteroatoms. The highest BCUT2D eigenvalue weighted by molar-refractivity contribution is 7.80. The molecule has 0 bridgehead atoms. The van der Waals surface area contributed by atoms with Crippen molar-refractivity contribution in [2.45, 2.75) is 13.5 Å². The number of thiocarbonyl (C=S) groups is 1. The molecule has 1 aromatic carbocycles. The monoisotopic (exact) mass is 298 g/mol. The predicted molar refractivity (Wildman–Crippen MR) is 85.6 cm³/mol. The molecular formula is C15H14N4OS. The molecule has 5 nitrogen and oxygen atoms in total. The van der Waals surface area contributed by atoms with Crippen LogP contribution in [-0.4, -0.2) is 19.2 Å². The largest absolute Gasteiger partial charge is 0.389 e. The van der Waals surface area contributed by atoms with Crippen molar-refractivity contribution in [1.29, 1.82) is 0 Å². The van der Waals surface area contributed by atoms with E-state index in [2.05, 4.69) is 5.10 Å². The minimum Gasteiger partial charge on any atom is -0.389 e. The fourth-order valence-corrected chi connectivity index (χ4v) is 2.55. The highest BCUT2D eigenvalue weighted by Gasteiger charge is 2.09. The van der Waals surface area contributed by atoms with Gasteiger partial charge in [0.05, 0.1) is 12.2 Å². The van der Waals surface area contributed by atoms with Crippen LogP contribution in [0.5, 0.6) is 0 Å². The number of rotatable bonds is 3. The number of nitrogens with zero attached hydrogens (tertiary/aromatic N) is 3. The van der Waals surface area contributed by atoms with Gasteiger partial charge >= 0.3 is 0 Å². The minimum absolute atomic E-state index is 0.0872. The van der Waals surface area contributed by atoms with Crippen molar-refractivity contribution in [1.82, 2.24) is 14.2 Å². The van der Waals surface area contributed by atoms with Crippen molar-refractivity contribution in [3.8, 4) is 0 Å². The van der Waals surface area contributed by atoms with E-state index in [1.165, 1.54) is 0 Å². The number of aryl methyl sites for hydroxylation is 1. The van der Waals surface area contributed by atoms with E-state index in [9.17, 15) is 4.79 Å². The molecule has 0 aliphatic carbocycles. The summed E-state index contributed by atoms with van der Waals surface area (Å²) in [5, 5.41) is 4.23. The summed E-state index contributed by atoms with van der Waals surface area (Å²) in [5.74, 6) is 0. The summed E-state index contributed by atoms with van der Waals surface area (Å²) in [5.41, 5.74) is 8.73. The van der Waals surface area contributed by atoms with Crippen molar-refractivity contribution >= 4 is 22.7 Å². The van der Waals surface area contributed by atoms with Crippen molar-refractivity contribution in [2.75, 3.05) is 0 Å². The van der Waals surface area contributed by atoms with E-state index < -0.39 is 0 Å². The lowest BCUT2D eigenvalue weighted by molar-refractivity contribution is 0.741. The number of fused-ring (bicyclic) bond motifs is 1. The van der Waals surface area contributed by atoms with E-state index in [1.54, 1.807) is 27.5 Å². The van der Waals surface area contributed by atoms with Gasteiger partial charge < -0.3 is 10.3 Å². The van der Waals surface area contributed by atoms with E-state index in [-0.39, 0.29) is 5.56 Å².